The van der Waals surface area contributed by atoms with E-state index in [1.54, 1.807) is 27.2 Å². The van der Waals surface area contributed by atoms with Gasteiger partial charge < -0.3 is 14.2 Å². The van der Waals surface area contributed by atoms with Crippen LogP contribution in [-0.4, -0.2) is 27.3 Å². The third-order valence-electron chi connectivity index (χ3n) is 2.45. The van der Waals surface area contributed by atoms with Crippen LogP contribution in [0.3, 0.4) is 0 Å². The lowest BCUT2D eigenvalue weighted by molar-refractivity contribution is -0.142. The Morgan fingerprint density at radius 2 is 1.88 bits per heavy atom. The van der Waals surface area contributed by atoms with Crippen LogP contribution in [-0.2, 0) is 9.53 Å². The molecule has 0 aliphatic carbocycles. The first-order valence-corrected chi connectivity index (χ1v) is 4.94. The van der Waals surface area contributed by atoms with E-state index in [-0.39, 0.29) is 11.9 Å². The molecular weight excluding hydrogens is 208 g/mol. The predicted molar refractivity (Wildman–Crippen MR) is 60.0 cm³/mol. The summed E-state index contributed by atoms with van der Waals surface area (Å²) in [5, 5.41) is 0. The van der Waals surface area contributed by atoms with Crippen LogP contribution in [0.25, 0.3) is 0 Å². The molecule has 1 rings (SSSR count). The van der Waals surface area contributed by atoms with Gasteiger partial charge in [-0.1, -0.05) is 12.1 Å². The maximum absolute atomic E-state index is 11.5. The summed E-state index contributed by atoms with van der Waals surface area (Å²) in [5.41, 5.74) is 0.758. The zero-order chi connectivity index (χ0) is 12.1. The monoisotopic (exact) mass is 224 g/mol. The van der Waals surface area contributed by atoms with E-state index in [1.807, 2.05) is 12.1 Å². The highest BCUT2D eigenvalue weighted by molar-refractivity contribution is 5.79. The molecule has 0 bridgehead atoms. The molecule has 0 spiro atoms. The molecule has 0 N–H and O–H groups in total. The topological polar surface area (TPSA) is 44.8 Å². The van der Waals surface area contributed by atoms with Crippen LogP contribution in [0, 0.1) is 0 Å². The Morgan fingerprint density at radius 3 is 2.38 bits per heavy atom. The van der Waals surface area contributed by atoms with Crippen molar-refractivity contribution in [3.05, 3.63) is 23.8 Å². The van der Waals surface area contributed by atoms with Crippen LogP contribution in [0.4, 0.5) is 0 Å². The van der Waals surface area contributed by atoms with Gasteiger partial charge in [0.2, 0.25) is 0 Å². The van der Waals surface area contributed by atoms with Crippen molar-refractivity contribution in [1.29, 1.82) is 0 Å². The van der Waals surface area contributed by atoms with Gasteiger partial charge >= 0.3 is 5.97 Å². The molecule has 1 atom stereocenters. The molecule has 0 aliphatic rings. The molecule has 0 aromatic heterocycles. The molecule has 0 aliphatic heterocycles. The summed E-state index contributed by atoms with van der Waals surface area (Å²) in [4.78, 5) is 11.5. The minimum Gasteiger partial charge on any atom is -0.493 e. The molecule has 0 saturated heterocycles. The molecule has 0 fully saturated rings. The van der Waals surface area contributed by atoms with E-state index in [1.165, 1.54) is 7.11 Å². The summed E-state index contributed by atoms with van der Waals surface area (Å²) in [6.45, 7) is 1.77. The molecular formula is C12H16O4. The Kier molecular flexibility index (Phi) is 4.17. The highest BCUT2D eigenvalue weighted by atomic mass is 16.5. The number of ether oxygens (including phenoxy) is 3. The molecule has 4 heteroatoms. The minimum atomic E-state index is -0.380. The number of para-hydroxylation sites is 1. The first-order valence-electron chi connectivity index (χ1n) is 4.94. The zero-order valence-electron chi connectivity index (χ0n) is 9.94. The van der Waals surface area contributed by atoms with Gasteiger partial charge in [0.1, 0.15) is 0 Å². The number of methoxy groups -OCH3 is 3. The Morgan fingerprint density at radius 1 is 1.19 bits per heavy atom. The second kappa shape index (κ2) is 5.39. The summed E-state index contributed by atoms with van der Waals surface area (Å²) < 4.78 is 15.1. The number of hydrogen-bond acceptors (Lipinski definition) is 4. The van der Waals surface area contributed by atoms with Gasteiger partial charge in [-0.25, -0.2) is 0 Å². The van der Waals surface area contributed by atoms with Crippen molar-refractivity contribution in [2.24, 2.45) is 0 Å². The molecule has 0 radical (unpaired) electrons. The van der Waals surface area contributed by atoms with Crippen LogP contribution >= 0.6 is 0 Å². The normalized spacial score (nSPS) is 11.8. The molecule has 0 amide bonds. The van der Waals surface area contributed by atoms with Gasteiger partial charge in [-0.3, -0.25) is 4.79 Å². The Hall–Kier alpha value is -1.71. The van der Waals surface area contributed by atoms with E-state index < -0.39 is 0 Å². The average molecular weight is 224 g/mol. The summed E-state index contributed by atoms with van der Waals surface area (Å²) in [7, 11) is 4.47. The van der Waals surface area contributed by atoms with Crippen molar-refractivity contribution >= 4 is 5.97 Å². The van der Waals surface area contributed by atoms with Crippen molar-refractivity contribution in [1.82, 2.24) is 0 Å². The molecule has 16 heavy (non-hydrogen) atoms. The lowest BCUT2D eigenvalue weighted by Crippen LogP contribution is -2.12. The molecule has 1 aromatic carbocycles. The van der Waals surface area contributed by atoms with Crippen molar-refractivity contribution in [2.45, 2.75) is 12.8 Å². The van der Waals surface area contributed by atoms with Gasteiger partial charge in [0.05, 0.1) is 27.2 Å². The van der Waals surface area contributed by atoms with Crippen LogP contribution in [0.1, 0.15) is 18.4 Å². The number of esters is 1. The van der Waals surface area contributed by atoms with E-state index in [9.17, 15) is 4.79 Å². The Balaban J connectivity index is 3.17. The SMILES string of the molecule is COC(=O)C(C)c1cccc(OC)c1OC. The predicted octanol–water partition coefficient (Wildman–Crippen LogP) is 1.98. The van der Waals surface area contributed by atoms with E-state index in [0.29, 0.717) is 11.5 Å². The number of hydrogen-bond donors (Lipinski definition) is 0. The summed E-state index contributed by atoms with van der Waals surface area (Å²) in [6.07, 6.45) is 0. The van der Waals surface area contributed by atoms with Crippen molar-refractivity contribution in [3.8, 4) is 11.5 Å². The molecule has 4 nitrogen and oxygen atoms in total. The fourth-order valence-electron chi connectivity index (χ4n) is 1.56. The molecule has 0 saturated carbocycles. The quantitative estimate of drug-likeness (QED) is 0.733. The third kappa shape index (κ3) is 2.27. The van der Waals surface area contributed by atoms with Crippen molar-refractivity contribution in [2.75, 3.05) is 21.3 Å². The van der Waals surface area contributed by atoms with E-state index in [4.69, 9.17) is 14.2 Å². The Bertz CT molecular complexity index is 373. The first kappa shape index (κ1) is 12.4. The lowest BCUT2D eigenvalue weighted by Gasteiger charge is -2.16. The molecule has 0 heterocycles. The smallest absolute Gasteiger partial charge is 0.312 e. The second-order valence-corrected chi connectivity index (χ2v) is 3.33. The number of carbonyl (C=O) groups is 1. The average Bonchev–Trinajstić information content (AvgIpc) is 2.35. The van der Waals surface area contributed by atoms with E-state index in [0.717, 1.165) is 5.56 Å². The Labute approximate surface area is 95.1 Å². The first-order chi connectivity index (χ1) is 7.65. The van der Waals surface area contributed by atoms with Crippen molar-refractivity contribution in [3.63, 3.8) is 0 Å². The fraction of sp³-hybridized carbons (Fsp3) is 0.417. The van der Waals surface area contributed by atoms with Gasteiger partial charge in [0.25, 0.3) is 0 Å². The van der Waals surface area contributed by atoms with Gasteiger partial charge in [0.15, 0.2) is 11.5 Å². The number of carbonyl (C=O) groups excluding carboxylic acids is 1. The van der Waals surface area contributed by atoms with Crippen LogP contribution < -0.4 is 9.47 Å². The van der Waals surface area contributed by atoms with Crippen LogP contribution in [0.5, 0.6) is 11.5 Å². The summed E-state index contributed by atoms with van der Waals surface area (Å²) in [6, 6.07) is 5.42. The largest absolute Gasteiger partial charge is 0.493 e. The van der Waals surface area contributed by atoms with Gasteiger partial charge in [-0.05, 0) is 13.0 Å². The maximum atomic E-state index is 11.5. The number of rotatable bonds is 4. The molecule has 1 unspecified atom stereocenters. The van der Waals surface area contributed by atoms with Gasteiger partial charge in [0, 0.05) is 5.56 Å². The van der Waals surface area contributed by atoms with E-state index in [2.05, 4.69) is 0 Å². The van der Waals surface area contributed by atoms with Gasteiger partial charge in [-0.15, -0.1) is 0 Å². The summed E-state index contributed by atoms with van der Waals surface area (Å²) in [5.74, 6) is 0.500. The minimum absolute atomic E-state index is 0.299. The third-order valence-corrected chi connectivity index (χ3v) is 2.45. The van der Waals surface area contributed by atoms with Crippen LogP contribution in [0.15, 0.2) is 18.2 Å². The lowest BCUT2D eigenvalue weighted by atomic mass is 10.00. The van der Waals surface area contributed by atoms with Crippen LogP contribution in [0.2, 0.25) is 0 Å². The van der Waals surface area contributed by atoms with Crippen molar-refractivity contribution < 1.29 is 19.0 Å². The zero-order valence-corrected chi connectivity index (χ0v) is 9.94. The summed E-state index contributed by atoms with van der Waals surface area (Å²) >= 11 is 0. The van der Waals surface area contributed by atoms with E-state index >= 15 is 0 Å². The molecule has 1 aromatic rings. The highest BCUT2D eigenvalue weighted by Gasteiger charge is 2.21. The fourth-order valence-corrected chi connectivity index (χ4v) is 1.56. The number of benzene rings is 1. The second-order valence-electron chi connectivity index (χ2n) is 3.33. The molecule has 88 valence electrons. The maximum Gasteiger partial charge on any atom is 0.312 e. The highest BCUT2D eigenvalue weighted by Crippen LogP contribution is 2.35. The van der Waals surface area contributed by atoms with Gasteiger partial charge in [-0.2, -0.15) is 0 Å². The standard InChI is InChI=1S/C12H16O4/c1-8(12(13)16-4)9-6-5-7-10(14-2)11(9)15-3/h5-8H,1-4H3.